The Hall–Kier alpha value is 0.1000. The first kappa shape index (κ1) is 9.65. The van der Waals surface area contributed by atoms with Crippen molar-refractivity contribution in [2.75, 3.05) is 13.2 Å². The van der Waals surface area contributed by atoms with Gasteiger partial charge in [0.05, 0.1) is 21.9 Å². The van der Waals surface area contributed by atoms with Crippen molar-refractivity contribution in [3.8, 4) is 0 Å². The van der Waals surface area contributed by atoms with Crippen molar-refractivity contribution in [1.29, 1.82) is 0 Å². The Bertz CT molecular complexity index is 315. The summed E-state index contributed by atoms with van der Waals surface area (Å²) in [6.45, 7) is 5.43. The lowest BCUT2D eigenvalue weighted by Crippen LogP contribution is -2.21. The minimum absolute atomic E-state index is 0.513. The molecule has 0 bridgehead atoms. The predicted molar refractivity (Wildman–Crippen MR) is 56.0 cm³/mol. The second-order valence-electron chi connectivity index (χ2n) is 3.21. The Kier molecular flexibility index (Phi) is 2.49. The van der Waals surface area contributed by atoms with Crippen LogP contribution in [0.4, 0.5) is 0 Å². The van der Waals surface area contributed by atoms with Crippen LogP contribution in [0.5, 0.6) is 0 Å². The topological polar surface area (TPSA) is 18.5 Å². The van der Waals surface area contributed by atoms with Crippen LogP contribution in [0.1, 0.15) is 17.4 Å². The second kappa shape index (κ2) is 3.35. The summed E-state index contributed by atoms with van der Waals surface area (Å²) in [6, 6.07) is 2.09. The average Bonchev–Trinajstić information content (AvgIpc) is 2.59. The lowest BCUT2D eigenvalue weighted by molar-refractivity contribution is -0.147. The van der Waals surface area contributed by atoms with E-state index in [9.17, 15) is 0 Å². The maximum atomic E-state index is 5.59. The standard InChI is InChI=1S/C9H11BrO2S/c1-6-5-7(10)13-8(6)9(2)11-3-4-12-9/h5H,3-4H2,1-2H3. The molecule has 1 fully saturated rings. The third-order valence-corrected chi connectivity index (χ3v) is 4.06. The zero-order chi connectivity index (χ0) is 9.47. The second-order valence-corrected chi connectivity index (χ2v) is 5.64. The SMILES string of the molecule is Cc1cc(Br)sc1C1(C)OCCO1. The highest BCUT2D eigenvalue weighted by atomic mass is 79.9. The number of aryl methyl sites for hydroxylation is 1. The molecule has 1 aromatic rings. The van der Waals surface area contributed by atoms with Gasteiger partial charge in [0.2, 0.25) is 5.79 Å². The molecule has 2 heterocycles. The van der Waals surface area contributed by atoms with Gasteiger partial charge in [-0.25, -0.2) is 0 Å². The van der Waals surface area contributed by atoms with Crippen LogP contribution in [-0.4, -0.2) is 13.2 Å². The molecular weight excluding hydrogens is 252 g/mol. The maximum Gasteiger partial charge on any atom is 0.201 e. The third kappa shape index (κ3) is 1.68. The highest BCUT2D eigenvalue weighted by Crippen LogP contribution is 2.39. The van der Waals surface area contributed by atoms with E-state index >= 15 is 0 Å². The molecule has 13 heavy (non-hydrogen) atoms. The number of hydrogen-bond donors (Lipinski definition) is 0. The molecule has 0 radical (unpaired) electrons. The fraction of sp³-hybridized carbons (Fsp3) is 0.556. The highest BCUT2D eigenvalue weighted by molar-refractivity contribution is 9.11. The van der Waals surface area contributed by atoms with Crippen LogP contribution in [-0.2, 0) is 15.3 Å². The Labute approximate surface area is 90.0 Å². The lowest BCUT2D eigenvalue weighted by Gasteiger charge is -2.21. The smallest absolute Gasteiger partial charge is 0.201 e. The van der Waals surface area contributed by atoms with Crippen molar-refractivity contribution in [3.05, 3.63) is 20.3 Å². The van der Waals surface area contributed by atoms with Gasteiger partial charge < -0.3 is 9.47 Å². The van der Waals surface area contributed by atoms with Crippen LogP contribution in [0.25, 0.3) is 0 Å². The van der Waals surface area contributed by atoms with Gasteiger partial charge in [-0.3, -0.25) is 0 Å². The van der Waals surface area contributed by atoms with Gasteiger partial charge in [-0.15, -0.1) is 11.3 Å². The summed E-state index contributed by atoms with van der Waals surface area (Å²) in [7, 11) is 0. The summed E-state index contributed by atoms with van der Waals surface area (Å²) >= 11 is 5.14. The number of thiophene rings is 1. The molecule has 0 atom stereocenters. The number of hydrogen-bond acceptors (Lipinski definition) is 3. The molecule has 0 amide bonds. The van der Waals surface area contributed by atoms with E-state index in [2.05, 4.69) is 28.9 Å². The van der Waals surface area contributed by atoms with Crippen molar-refractivity contribution in [3.63, 3.8) is 0 Å². The van der Waals surface area contributed by atoms with E-state index < -0.39 is 5.79 Å². The molecule has 1 aliphatic heterocycles. The molecule has 0 aliphatic carbocycles. The van der Waals surface area contributed by atoms with Crippen molar-refractivity contribution >= 4 is 27.3 Å². The Morgan fingerprint density at radius 1 is 1.46 bits per heavy atom. The van der Waals surface area contributed by atoms with Crippen molar-refractivity contribution in [2.24, 2.45) is 0 Å². The van der Waals surface area contributed by atoms with Gasteiger partial charge in [-0.2, -0.15) is 0 Å². The first-order valence-electron chi connectivity index (χ1n) is 4.16. The fourth-order valence-corrected chi connectivity index (χ4v) is 3.32. The summed E-state index contributed by atoms with van der Waals surface area (Å²) < 4.78 is 12.3. The zero-order valence-electron chi connectivity index (χ0n) is 7.59. The van der Waals surface area contributed by atoms with E-state index in [1.165, 1.54) is 5.56 Å². The predicted octanol–water partition coefficient (Wildman–Crippen LogP) is 3.04. The Morgan fingerprint density at radius 2 is 2.08 bits per heavy atom. The number of ether oxygens (including phenoxy) is 2. The van der Waals surface area contributed by atoms with Crippen molar-refractivity contribution in [1.82, 2.24) is 0 Å². The van der Waals surface area contributed by atoms with Crippen LogP contribution < -0.4 is 0 Å². The summed E-state index contributed by atoms with van der Waals surface area (Å²) in [4.78, 5) is 1.16. The van der Waals surface area contributed by atoms with E-state index in [0.29, 0.717) is 13.2 Å². The monoisotopic (exact) mass is 262 g/mol. The summed E-state index contributed by atoms with van der Waals surface area (Å²) in [5, 5.41) is 0. The molecule has 1 saturated heterocycles. The Morgan fingerprint density at radius 3 is 2.54 bits per heavy atom. The molecule has 0 aromatic carbocycles. The van der Waals surface area contributed by atoms with E-state index in [1.54, 1.807) is 11.3 Å². The molecule has 4 heteroatoms. The molecule has 72 valence electrons. The number of rotatable bonds is 1. The van der Waals surface area contributed by atoms with E-state index in [1.807, 2.05) is 6.92 Å². The number of halogens is 1. The van der Waals surface area contributed by atoms with Crippen LogP contribution in [0, 0.1) is 6.92 Å². The third-order valence-electron chi connectivity index (χ3n) is 2.14. The van der Waals surface area contributed by atoms with Gasteiger partial charge >= 0.3 is 0 Å². The van der Waals surface area contributed by atoms with Gasteiger partial charge in [0, 0.05) is 0 Å². The summed E-state index contributed by atoms with van der Waals surface area (Å²) in [5.41, 5.74) is 1.22. The van der Waals surface area contributed by atoms with Crippen molar-refractivity contribution < 1.29 is 9.47 Å². The molecule has 0 N–H and O–H groups in total. The van der Waals surface area contributed by atoms with E-state index in [-0.39, 0.29) is 0 Å². The zero-order valence-corrected chi connectivity index (χ0v) is 10.00. The van der Waals surface area contributed by atoms with Gasteiger partial charge in [0.25, 0.3) is 0 Å². The van der Waals surface area contributed by atoms with E-state index in [4.69, 9.17) is 9.47 Å². The van der Waals surface area contributed by atoms with Crippen molar-refractivity contribution in [2.45, 2.75) is 19.6 Å². The van der Waals surface area contributed by atoms with Gasteiger partial charge in [-0.05, 0) is 41.4 Å². The molecule has 2 nitrogen and oxygen atoms in total. The van der Waals surface area contributed by atoms with Crippen LogP contribution in [0.15, 0.2) is 9.85 Å². The first-order chi connectivity index (χ1) is 6.12. The van der Waals surface area contributed by atoms with Gasteiger partial charge in [0.15, 0.2) is 0 Å². The van der Waals surface area contributed by atoms with Crippen LogP contribution in [0.3, 0.4) is 0 Å². The lowest BCUT2D eigenvalue weighted by atomic mass is 10.2. The first-order valence-corrected chi connectivity index (χ1v) is 5.77. The maximum absolute atomic E-state index is 5.59. The van der Waals surface area contributed by atoms with E-state index in [0.717, 1.165) is 8.66 Å². The highest BCUT2D eigenvalue weighted by Gasteiger charge is 2.35. The van der Waals surface area contributed by atoms with Gasteiger partial charge in [0.1, 0.15) is 0 Å². The molecule has 1 aliphatic rings. The normalized spacial score (nSPS) is 20.8. The largest absolute Gasteiger partial charge is 0.343 e. The van der Waals surface area contributed by atoms with Gasteiger partial charge in [-0.1, -0.05) is 0 Å². The average molecular weight is 263 g/mol. The fourth-order valence-electron chi connectivity index (χ4n) is 1.54. The van der Waals surface area contributed by atoms with Crippen LogP contribution in [0.2, 0.25) is 0 Å². The molecule has 0 unspecified atom stereocenters. The quantitative estimate of drug-likeness (QED) is 0.775. The van der Waals surface area contributed by atoms with Crippen LogP contribution >= 0.6 is 27.3 Å². The summed E-state index contributed by atoms with van der Waals surface area (Å²) in [6.07, 6.45) is 0. The molecule has 0 spiro atoms. The summed E-state index contributed by atoms with van der Waals surface area (Å²) in [5.74, 6) is -0.513. The molecule has 2 rings (SSSR count). The molecule has 1 aromatic heterocycles. The minimum atomic E-state index is -0.513. The molecule has 0 saturated carbocycles. The molecular formula is C9H11BrO2S. The minimum Gasteiger partial charge on any atom is -0.343 e. The Balaban J connectivity index is 2.38.